The molecule has 5 rings (SSSR count). The number of carbonyl (C=O) groups is 1. The number of amides is 1. The lowest BCUT2D eigenvalue weighted by Crippen LogP contribution is -2.36. The molecule has 1 unspecified atom stereocenters. The third kappa shape index (κ3) is 4.11. The molecule has 170 valence electrons. The van der Waals surface area contributed by atoms with Crippen molar-refractivity contribution in [3.63, 3.8) is 0 Å². The second-order valence-electron chi connectivity index (χ2n) is 8.58. The molecule has 1 amide bonds. The Labute approximate surface area is 196 Å². The summed E-state index contributed by atoms with van der Waals surface area (Å²) < 4.78 is 0. The van der Waals surface area contributed by atoms with Gasteiger partial charge in [0, 0.05) is 37.1 Å². The summed E-state index contributed by atoms with van der Waals surface area (Å²) in [6, 6.07) is 6.11. The third-order valence-corrected chi connectivity index (χ3v) is 6.68. The summed E-state index contributed by atoms with van der Waals surface area (Å²) in [5.74, 6) is 0.205. The predicted molar refractivity (Wildman–Crippen MR) is 130 cm³/mol. The zero-order chi connectivity index (χ0) is 22.9. The van der Waals surface area contributed by atoms with Crippen molar-refractivity contribution < 1.29 is 4.79 Å². The maximum atomic E-state index is 12.0. The molecule has 2 atom stereocenters. The Hall–Kier alpha value is -3.26. The van der Waals surface area contributed by atoms with Gasteiger partial charge in [-0.25, -0.2) is 15.0 Å². The van der Waals surface area contributed by atoms with Crippen molar-refractivity contribution in [1.82, 2.24) is 30.2 Å². The molecule has 1 saturated heterocycles. The Morgan fingerprint density at radius 3 is 3.06 bits per heavy atom. The Balaban J connectivity index is 1.54. The first-order valence-electron chi connectivity index (χ1n) is 11.3. The van der Waals surface area contributed by atoms with Gasteiger partial charge in [-0.1, -0.05) is 25.4 Å². The molecule has 9 heteroatoms. The first-order chi connectivity index (χ1) is 16.0. The van der Waals surface area contributed by atoms with E-state index in [0.717, 1.165) is 52.9 Å². The molecule has 0 bridgehead atoms. The Morgan fingerprint density at radius 2 is 2.21 bits per heavy atom. The molecule has 4 heterocycles. The number of H-pyrrole nitrogens is 1. The average molecular weight is 464 g/mol. The van der Waals surface area contributed by atoms with Gasteiger partial charge in [-0.15, -0.1) is 0 Å². The van der Waals surface area contributed by atoms with Gasteiger partial charge in [0.2, 0.25) is 5.91 Å². The lowest BCUT2D eigenvalue weighted by molar-refractivity contribution is -0.121. The fraction of sp³-hybridized carbons (Fsp3) is 0.375. The molecule has 0 radical (unpaired) electrons. The van der Waals surface area contributed by atoms with Crippen LogP contribution >= 0.6 is 11.6 Å². The van der Waals surface area contributed by atoms with E-state index in [1.165, 1.54) is 0 Å². The van der Waals surface area contributed by atoms with E-state index in [0.29, 0.717) is 23.5 Å². The number of nitrogens with zero attached hydrogens (tertiary/aromatic N) is 5. The van der Waals surface area contributed by atoms with Gasteiger partial charge in [0.25, 0.3) is 0 Å². The molecule has 33 heavy (non-hydrogen) atoms. The standard InChI is InChI=1S/C24H26ClN7O/c1-3-20(33)31-15-6-8-32(11-15)23-17(10-18(25)16-5-4-7-26-21(16)23)14(2)9-19-22-24(29-12-27-19)30-13-28-22/h4-5,7,10,12-15H,3,6,8-9,11H2,1-2H3,(H,31,33)(H,27,28,29,30)/t14?,15-/m0/s1. The van der Waals surface area contributed by atoms with Crippen LogP contribution in [-0.4, -0.2) is 50.0 Å². The number of nitrogens with one attached hydrogen (secondary N) is 2. The van der Waals surface area contributed by atoms with E-state index in [4.69, 9.17) is 16.6 Å². The van der Waals surface area contributed by atoms with Gasteiger partial charge in [-0.05, 0) is 42.5 Å². The number of rotatable bonds is 6. The fourth-order valence-electron chi connectivity index (χ4n) is 4.69. The molecule has 8 nitrogen and oxygen atoms in total. The SMILES string of the molecule is CCC(=O)N[C@H]1CCN(c2c(C(C)Cc3ncnc4nc[nH]c34)cc(Cl)c3cccnc23)C1. The highest BCUT2D eigenvalue weighted by molar-refractivity contribution is 6.36. The van der Waals surface area contributed by atoms with Crippen molar-refractivity contribution in [2.24, 2.45) is 0 Å². The van der Waals surface area contributed by atoms with Crippen molar-refractivity contribution in [3.8, 4) is 0 Å². The summed E-state index contributed by atoms with van der Waals surface area (Å²) in [6.07, 6.45) is 7.10. The van der Waals surface area contributed by atoms with E-state index in [1.54, 1.807) is 12.7 Å². The molecule has 1 aliphatic heterocycles. The van der Waals surface area contributed by atoms with Gasteiger partial charge in [0.1, 0.15) is 11.8 Å². The van der Waals surface area contributed by atoms with Crippen LogP contribution in [0.25, 0.3) is 22.1 Å². The van der Waals surface area contributed by atoms with E-state index in [9.17, 15) is 4.79 Å². The van der Waals surface area contributed by atoms with Crippen LogP contribution in [0, 0.1) is 0 Å². The van der Waals surface area contributed by atoms with Crippen molar-refractivity contribution in [2.75, 3.05) is 18.0 Å². The van der Waals surface area contributed by atoms with Gasteiger partial charge >= 0.3 is 0 Å². The summed E-state index contributed by atoms with van der Waals surface area (Å²) in [5.41, 5.74) is 5.55. The number of hydrogen-bond acceptors (Lipinski definition) is 6. The summed E-state index contributed by atoms with van der Waals surface area (Å²) in [6.45, 7) is 5.65. The van der Waals surface area contributed by atoms with E-state index in [1.807, 2.05) is 25.3 Å². The van der Waals surface area contributed by atoms with Gasteiger partial charge in [0.15, 0.2) is 5.65 Å². The summed E-state index contributed by atoms with van der Waals surface area (Å²) in [4.78, 5) is 35.2. The number of imidazole rings is 1. The number of pyridine rings is 1. The number of anilines is 1. The molecule has 1 aliphatic rings. The van der Waals surface area contributed by atoms with E-state index >= 15 is 0 Å². The Morgan fingerprint density at radius 1 is 1.33 bits per heavy atom. The number of halogens is 1. The minimum absolute atomic E-state index is 0.0851. The van der Waals surface area contributed by atoms with Crippen molar-refractivity contribution in [1.29, 1.82) is 0 Å². The molecular weight excluding hydrogens is 438 g/mol. The maximum Gasteiger partial charge on any atom is 0.219 e. The van der Waals surface area contributed by atoms with Crippen LogP contribution in [0.2, 0.25) is 5.02 Å². The molecule has 1 fully saturated rings. The van der Waals surface area contributed by atoms with Crippen LogP contribution in [0.3, 0.4) is 0 Å². The zero-order valence-electron chi connectivity index (χ0n) is 18.7. The highest BCUT2D eigenvalue weighted by Gasteiger charge is 2.29. The van der Waals surface area contributed by atoms with E-state index in [-0.39, 0.29) is 17.9 Å². The summed E-state index contributed by atoms with van der Waals surface area (Å²) in [5, 5.41) is 4.76. The molecule has 1 aromatic carbocycles. The normalized spacial score (nSPS) is 17.1. The summed E-state index contributed by atoms with van der Waals surface area (Å²) in [7, 11) is 0. The first kappa shape index (κ1) is 21.6. The second kappa shape index (κ2) is 8.94. The average Bonchev–Trinajstić information content (AvgIpc) is 3.49. The predicted octanol–water partition coefficient (Wildman–Crippen LogP) is 4.01. The van der Waals surface area contributed by atoms with Crippen molar-refractivity contribution in [2.45, 2.75) is 45.1 Å². The number of benzene rings is 1. The molecule has 2 N–H and O–H groups in total. The quantitative estimate of drug-likeness (QED) is 0.448. The van der Waals surface area contributed by atoms with Crippen LogP contribution in [-0.2, 0) is 11.2 Å². The van der Waals surface area contributed by atoms with Gasteiger partial charge in [-0.2, -0.15) is 0 Å². The highest BCUT2D eigenvalue weighted by Crippen LogP contribution is 2.40. The number of fused-ring (bicyclic) bond motifs is 2. The molecular formula is C24H26ClN7O. The lowest BCUT2D eigenvalue weighted by Gasteiger charge is -2.27. The van der Waals surface area contributed by atoms with Crippen molar-refractivity contribution in [3.05, 3.63) is 53.3 Å². The highest BCUT2D eigenvalue weighted by atomic mass is 35.5. The van der Waals surface area contributed by atoms with E-state index in [2.05, 4.69) is 43.1 Å². The van der Waals surface area contributed by atoms with Crippen molar-refractivity contribution >= 4 is 45.3 Å². The molecule has 4 aromatic rings. The third-order valence-electron chi connectivity index (χ3n) is 6.37. The molecule has 0 saturated carbocycles. The molecule has 0 spiro atoms. The number of carbonyl (C=O) groups excluding carboxylic acids is 1. The Kier molecular flexibility index (Phi) is 5.85. The first-order valence-corrected chi connectivity index (χ1v) is 11.7. The van der Waals surface area contributed by atoms with Gasteiger partial charge in [0.05, 0.1) is 28.2 Å². The fourth-order valence-corrected chi connectivity index (χ4v) is 4.96. The zero-order valence-corrected chi connectivity index (χ0v) is 19.4. The molecule has 3 aromatic heterocycles. The monoisotopic (exact) mass is 463 g/mol. The van der Waals surface area contributed by atoms with Crippen LogP contribution in [0.15, 0.2) is 37.1 Å². The van der Waals surface area contributed by atoms with Crippen LogP contribution in [0.4, 0.5) is 5.69 Å². The van der Waals surface area contributed by atoms with Crippen LogP contribution in [0.1, 0.15) is 43.9 Å². The smallest absolute Gasteiger partial charge is 0.219 e. The number of aromatic nitrogens is 5. The lowest BCUT2D eigenvalue weighted by atomic mass is 9.92. The topological polar surface area (TPSA) is 99.7 Å². The number of aromatic amines is 1. The van der Waals surface area contributed by atoms with Gasteiger partial charge in [-0.3, -0.25) is 9.78 Å². The molecule has 0 aliphatic carbocycles. The minimum atomic E-state index is 0.0851. The maximum absolute atomic E-state index is 12.0. The van der Waals surface area contributed by atoms with E-state index < -0.39 is 0 Å². The summed E-state index contributed by atoms with van der Waals surface area (Å²) >= 11 is 6.72. The largest absolute Gasteiger partial charge is 0.367 e. The van der Waals surface area contributed by atoms with Crippen LogP contribution < -0.4 is 10.2 Å². The van der Waals surface area contributed by atoms with Crippen LogP contribution in [0.5, 0.6) is 0 Å². The minimum Gasteiger partial charge on any atom is -0.367 e. The van der Waals surface area contributed by atoms with Gasteiger partial charge < -0.3 is 15.2 Å². The Bertz CT molecular complexity index is 1320. The number of hydrogen-bond donors (Lipinski definition) is 2. The second-order valence-corrected chi connectivity index (χ2v) is 8.98.